The first-order chi connectivity index (χ1) is 11.6. The number of halogens is 1. The molecule has 140 valence electrons. The Kier molecular flexibility index (Phi) is 7.67. The van der Waals surface area contributed by atoms with Crippen molar-refractivity contribution in [2.24, 2.45) is 10.9 Å². The summed E-state index contributed by atoms with van der Waals surface area (Å²) in [5.41, 5.74) is 1.14. The average Bonchev–Trinajstić information content (AvgIpc) is 3.38. The zero-order valence-corrected chi connectivity index (χ0v) is 18.5. The van der Waals surface area contributed by atoms with Crippen molar-refractivity contribution >= 4 is 41.7 Å². The molecule has 1 N–H and O–H groups in total. The van der Waals surface area contributed by atoms with Crippen molar-refractivity contribution in [2.75, 3.05) is 32.5 Å². The normalized spacial score (nSPS) is 20.0. The molecular weight excluding hydrogens is 447 g/mol. The van der Waals surface area contributed by atoms with Crippen LogP contribution in [-0.2, 0) is 6.54 Å². The summed E-state index contributed by atoms with van der Waals surface area (Å²) in [6, 6.07) is 4.04. The lowest BCUT2D eigenvalue weighted by molar-refractivity contribution is 0.288. The number of nitrogens with zero attached hydrogens (tertiary/aromatic N) is 3. The van der Waals surface area contributed by atoms with E-state index in [1.54, 1.807) is 0 Å². The maximum Gasteiger partial charge on any atom is 0.213 e. The molecule has 1 saturated heterocycles. The summed E-state index contributed by atoms with van der Waals surface area (Å²) in [4.78, 5) is 11.2. The van der Waals surface area contributed by atoms with Crippen molar-refractivity contribution in [1.82, 2.24) is 15.2 Å². The first-order valence-corrected chi connectivity index (χ1v) is 9.71. The van der Waals surface area contributed by atoms with Gasteiger partial charge >= 0.3 is 0 Å². The molecule has 1 aromatic rings. The summed E-state index contributed by atoms with van der Waals surface area (Å²) in [6.45, 7) is 8.18. The van der Waals surface area contributed by atoms with Gasteiger partial charge < -0.3 is 15.0 Å². The van der Waals surface area contributed by atoms with Crippen molar-refractivity contribution < 1.29 is 4.74 Å². The Morgan fingerprint density at radius 2 is 2.24 bits per heavy atom. The molecule has 0 bridgehead atoms. The number of guanidine groups is 1. The van der Waals surface area contributed by atoms with E-state index in [2.05, 4.69) is 40.1 Å². The summed E-state index contributed by atoms with van der Waals surface area (Å²) in [5.74, 6) is 3.59. The molecule has 5 nitrogen and oxygen atoms in total. The van der Waals surface area contributed by atoms with Gasteiger partial charge in [0.1, 0.15) is 0 Å². The molecular formula is C18H29IN4OS. The number of hydrogen-bond acceptors (Lipinski definition) is 4. The van der Waals surface area contributed by atoms with Crippen molar-refractivity contribution in [3.05, 3.63) is 23.9 Å². The second kappa shape index (κ2) is 9.30. The third-order valence-electron chi connectivity index (χ3n) is 4.35. The molecule has 2 aliphatic rings. The maximum atomic E-state index is 5.68. The number of ether oxygens (including phenoxy) is 1. The zero-order valence-electron chi connectivity index (χ0n) is 15.3. The van der Waals surface area contributed by atoms with Crippen LogP contribution in [0.3, 0.4) is 0 Å². The zero-order chi connectivity index (χ0) is 17.0. The lowest BCUT2D eigenvalue weighted by atomic mass is 10.2. The van der Waals surface area contributed by atoms with E-state index in [9.17, 15) is 0 Å². The van der Waals surface area contributed by atoms with E-state index in [4.69, 9.17) is 4.74 Å². The highest BCUT2D eigenvalue weighted by Gasteiger charge is 2.28. The van der Waals surface area contributed by atoms with Gasteiger partial charge in [0.25, 0.3) is 0 Å². The Bertz CT molecular complexity index is 575. The van der Waals surface area contributed by atoms with Crippen LogP contribution in [-0.4, -0.2) is 53.1 Å². The molecule has 7 heteroatoms. The molecule has 0 aromatic carbocycles. The molecule has 1 aliphatic carbocycles. The van der Waals surface area contributed by atoms with E-state index in [0.717, 1.165) is 55.3 Å². The van der Waals surface area contributed by atoms with E-state index in [0.29, 0.717) is 0 Å². The molecule has 0 unspecified atom stereocenters. The molecule has 2 fully saturated rings. The Morgan fingerprint density at radius 1 is 1.44 bits per heavy atom. The quantitative estimate of drug-likeness (QED) is 0.401. The number of aromatic nitrogens is 1. The van der Waals surface area contributed by atoms with Crippen LogP contribution in [0.15, 0.2) is 23.3 Å². The highest BCUT2D eigenvalue weighted by atomic mass is 127. The molecule has 1 aromatic heterocycles. The van der Waals surface area contributed by atoms with Crippen LogP contribution in [0.25, 0.3) is 0 Å². The largest absolute Gasteiger partial charge is 0.477 e. The number of thioether (sulfide) groups is 1. The summed E-state index contributed by atoms with van der Waals surface area (Å²) in [5, 5.41) is 3.46. The number of rotatable bonds is 5. The maximum absolute atomic E-state index is 5.68. The van der Waals surface area contributed by atoms with Crippen molar-refractivity contribution in [3.63, 3.8) is 0 Å². The molecule has 2 heterocycles. The number of aliphatic imine (C=N–C) groups is 1. The van der Waals surface area contributed by atoms with Crippen LogP contribution >= 0.6 is 35.7 Å². The standard InChI is InChI=1S/C18H28N4OS.HI/c1-18(2)13-22(8-9-24-18)17(19-3)21-11-15-6-7-16(20-10-15)23-12-14-4-5-14;/h6-7,10,14H,4-5,8-9,11-13H2,1-3H3,(H,19,21);1H. The molecule has 0 amide bonds. The Hall–Kier alpha value is -0.700. The van der Waals surface area contributed by atoms with Crippen LogP contribution in [0.2, 0.25) is 0 Å². The predicted octanol–water partition coefficient (Wildman–Crippen LogP) is 3.39. The fraction of sp³-hybridized carbons (Fsp3) is 0.667. The van der Waals surface area contributed by atoms with E-state index in [1.807, 2.05) is 31.1 Å². The minimum absolute atomic E-state index is 0. The molecule has 3 rings (SSSR count). The smallest absolute Gasteiger partial charge is 0.213 e. The van der Waals surface area contributed by atoms with Gasteiger partial charge in [0, 0.05) is 49.4 Å². The van der Waals surface area contributed by atoms with Crippen LogP contribution in [0, 0.1) is 5.92 Å². The summed E-state index contributed by atoms with van der Waals surface area (Å²) in [7, 11) is 1.85. The Morgan fingerprint density at radius 3 is 2.84 bits per heavy atom. The molecule has 25 heavy (non-hydrogen) atoms. The predicted molar refractivity (Wildman–Crippen MR) is 116 cm³/mol. The third kappa shape index (κ3) is 6.51. The van der Waals surface area contributed by atoms with Gasteiger partial charge in [-0.05, 0) is 38.2 Å². The highest BCUT2D eigenvalue weighted by Crippen LogP contribution is 2.30. The fourth-order valence-electron chi connectivity index (χ4n) is 2.80. The molecule has 0 spiro atoms. The van der Waals surface area contributed by atoms with Gasteiger partial charge in [0.05, 0.1) is 6.61 Å². The Balaban J connectivity index is 0.00000225. The lowest BCUT2D eigenvalue weighted by Gasteiger charge is -2.39. The number of hydrogen-bond donors (Lipinski definition) is 1. The van der Waals surface area contributed by atoms with Gasteiger partial charge in [-0.2, -0.15) is 11.8 Å². The minimum atomic E-state index is 0. The van der Waals surface area contributed by atoms with Crippen LogP contribution in [0.1, 0.15) is 32.3 Å². The van der Waals surface area contributed by atoms with Gasteiger partial charge in [-0.3, -0.25) is 4.99 Å². The van der Waals surface area contributed by atoms with Crippen LogP contribution in [0.5, 0.6) is 5.88 Å². The van der Waals surface area contributed by atoms with Crippen LogP contribution < -0.4 is 10.1 Å². The first-order valence-electron chi connectivity index (χ1n) is 8.73. The van der Waals surface area contributed by atoms with Crippen LogP contribution in [0.4, 0.5) is 0 Å². The second-order valence-corrected chi connectivity index (χ2v) is 8.99. The summed E-state index contributed by atoms with van der Waals surface area (Å²) >= 11 is 2.03. The molecule has 1 saturated carbocycles. The monoisotopic (exact) mass is 476 g/mol. The highest BCUT2D eigenvalue weighted by molar-refractivity contribution is 14.0. The average molecular weight is 476 g/mol. The lowest BCUT2D eigenvalue weighted by Crippen LogP contribution is -2.50. The van der Waals surface area contributed by atoms with Gasteiger partial charge in [-0.25, -0.2) is 4.98 Å². The number of pyridine rings is 1. The van der Waals surface area contributed by atoms with E-state index >= 15 is 0 Å². The van der Waals surface area contributed by atoms with Gasteiger partial charge in [-0.1, -0.05) is 6.07 Å². The van der Waals surface area contributed by atoms with E-state index < -0.39 is 0 Å². The van der Waals surface area contributed by atoms with Gasteiger partial charge in [-0.15, -0.1) is 24.0 Å². The summed E-state index contributed by atoms with van der Waals surface area (Å²) < 4.78 is 5.96. The fourth-order valence-corrected chi connectivity index (χ4v) is 3.91. The van der Waals surface area contributed by atoms with Gasteiger partial charge in [0.15, 0.2) is 5.96 Å². The van der Waals surface area contributed by atoms with Crippen molar-refractivity contribution in [3.8, 4) is 5.88 Å². The number of nitrogens with one attached hydrogen (secondary N) is 1. The topological polar surface area (TPSA) is 49.8 Å². The SMILES string of the molecule is CN=C(NCc1ccc(OCC2CC2)nc1)N1CCSC(C)(C)C1.I. The van der Waals surface area contributed by atoms with E-state index in [1.165, 1.54) is 12.8 Å². The van der Waals surface area contributed by atoms with Crippen molar-refractivity contribution in [2.45, 2.75) is 38.0 Å². The molecule has 0 atom stereocenters. The summed E-state index contributed by atoms with van der Waals surface area (Å²) in [6.07, 6.45) is 4.48. The Labute approximate surface area is 172 Å². The van der Waals surface area contributed by atoms with Crippen molar-refractivity contribution in [1.29, 1.82) is 0 Å². The van der Waals surface area contributed by atoms with Gasteiger partial charge in [0.2, 0.25) is 5.88 Å². The third-order valence-corrected chi connectivity index (χ3v) is 5.65. The first kappa shape index (κ1) is 20.6. The minimum Gasteiger partial charge on any atom is -0.477 e. The second-order valence-electron chi connectivity index (χ2n) is 7.19. The molecule has 0 radical (unpaired) electrons. The van der Waals surface area contributed by atoms with E-state index in [-0.39, 0.29) is 28.7 Å². The molecule has 1 aliphatic heterocycles.